The van der Waals surface area contributed by atoms with Crippen molar-refractivity contribution in [2.75, 3.05) is 17.2 Å². The van der Waals surface area contributed by atoms with Gasteiger partial charge >= 0.3 is 5.97 Å². The summed E-state index contributed by atoms with van der Waals surface area (Å²) in [6.45, 7) is 1.61. The van der Waals surface area contributed by atoms with Crippen molar-refractivity contribution >= 4 is 40.8 Å². The van der Waals surface area contributed by atoms with Crippen LogP contribution in [0.25, 0.3) is 0 Å². The standard InChI is InChI=1S/C21H23ClN2O4/c1-2-15-8-3-5-10-17(15)23-19(25)12-7-13-21(27)28-14-20(26)24-18-11-6-4-9-16(18)22/h3-6,8-11H,2,7,12-14H2,1H3,(H,23,25)(H,24,26). The Hall–Kier alpha value is -2.86. The fourth-order valence-corrected chi connectivity index (χ4v) is 2.71. The zero-order chi connectivity index (χ0) is 20.4. The predicted molar refractivity (Wildman–Crippen MR) is 109 cm³/mol. The van der Waals surface area contributed by atoms with Crippen molar-refractivity contribution in [3.63, 3.8) is 0 Å². The lowest BCUT2D eigenvalue weighted by molar-refractivity contribution is -0.147. The quantitative estimate of drug-likeness (QED) is 0.616. The number of halogens is 1. The van der Waals surface area contributed by atoms with E-state index in [2.05, 4.69) is 10.6 Å². The van der Waals surface area contributed by atoms with Crippen LogP contribution in [-0.2, 0) is 25.5 Å². The van der Waals surface area contributed by atoms with Gasteiger partial charge in [0.2, 0.25) is 5.91 Å². The monoisotopic (exact) mass is 402 g/mol. The lowest BCUT2D eigenvalue weighted by Crippen LogP contribution is -2.21. The highest BCUT2D eigenvalue weighted by molar-refractivity contribution is 6.33. The summed E-state index contributed by atoms with van der Waals surface area (Å²) in [6.07, 6.45) is 1.41. The van der Waals surface area contributed by atoms with Gasteiger partial charge in [0.25, 0.3) is 5.91 Å². The van der Waals surface area contributed by atoms with Crippen LogP contribution in [0.5, 0.6) is 0 Å². The number of para-hydroxylation sites is 2. The van der Waals surface area contributed by atoms with Crippen molar-refractivity contribution in [1.29, 1.82) is 0 Å². The molecule has 0 unspecified atom stereocenters. The van der Waals surface area contributed by atoms with Gasteiger partial charge < -0.3 is 15.4 Å². The molecule has 0 aliphatic heterocycles. The maximum atomic E-state index is 12.0. The number of rotatable bonds is 9. The molecule has 0 aliphatic rings. The lowest BCUT2D eigenvalue weighted by Gasteiger charge is -2.10. The molecule has 0 saturated carbocycles. The van der Waals surface area contributed by atoms with Crippen LogP contribution in [0.4, 0.5) is 11.4 Å². The third kappa shape index (κ3) is 7.04. The summed E-state index contributed by atoms with van der Waals surface area (Å²) in [5.74, 6) is -1.17. The smallest absolute Gasteiger partial charge is 0.306 e. The number of hydrogen-bond acceptors (Lipinski definition) is 4. The minimum Gasteiger partial charge on any atom is -0.456 e. The van der Waals surface area contributed by atoms with Gasteiger partial charge in [-0.25, -0.2) is 0 Å². The number of carbonyl (C=O) groups excluding carboxylic acids is 3. The fourth-order valence-electron chi connectivity index (χ4n) is 2.52. The highest BCUT2D eigenvalue weighted by Gasteiger charge is 2.11. The van der Waals surface area contributed by atoms with Gasteiger partial charge in [-0.1, -0.05) is 48.9 Å². The number of carbonyl (C=O) groups is 3. The number of esters is 1. The molecule has 2 amide bonds. The number of ether oxygens (including phenoxy) is 1. The van der Waals surface area contributed by atoms with E-state index in [1.807, 2.05) is 31.2 Å². The molecule has 0 saturated heterocycles. The first kappa shape index (κ1) is 21.4. The van der Waals surface area contributed by atoms with Crippen LogP contribution >= 0.6 is 11.6 Å². The first-order valence-corrected chi connectivity index (χ1v) is 9.45. The molecule has 0 spiro atoms. The van der Waals surface area contributed by atoms with E-state index in [-0.39, 0.29) is 18.7 Å². The molecule has 0 atom stereocenters. The van der Waals surface area contributed by atoms with Crippen LogP contribution in [-0.4, -0.2) is 24.4 Å². The molecule has 0 fully saturated rings. The third-order valence-corrected chi connectivity index (χ3v) is 4.30. The van der Waals surface area contributed by atoms with Gasteiger partial charge in [0.15, 0.2) is 6.61 Å². The van der Waals surface area contributed by atoms with Crippen LogP contribution in [0.2, 0.25) is 5.02 Å². The van der Waals surface area contributed by atoms with E-state index in [0.29, 0.717) is 17.1 Å². The summed E-state index contributed by atoms with van der Waals surface area (Å²) in [5.41, 5.74) is 2.29. The van der Waals surface area contributed by atoms with Crippen molar-refractivity contribution in [2.45, 2.75) is 32.6 Å². The van der Waals surface area contributed by atoms with Gasteiger partial charge in [-0.2, -0.15) is 0 Å². The van der Waals surface area contributed by atoms with E-state index in [1.54, 1.807) is 24.3 Å². The Morgan fingerprint density at radius 2 is 1.54 bits per heavy atom. The summed E-state index contributed by atoms with van der Waals surface area (Å²) in [7, 11) is 0. The number of nitrogens with one attached hydrogen (secondary N) is 2. The zero-order valence-electron chi connectivity index (χ0n) is 15.7. The molecule has 0 aromatic heterocycles. The second-order valence-corrected chi connectivity index (χ2v) is 6.51. The van der Waals surface area contributed by atoms with Crippen LogP contribution in [0.3, 0.4) is 0 Å². The summed E-state index contributed by atoms with van der Waals surface area (Å²) in [5, 5.41) is 5.82. The number of amides is 2. The van der Waals surface area contributed by atoms with E-state index in [0.717, 1.165) is 17.7 Å². The van der Waals surface area contributed by atoms with Gasteiger partial charge in [0.1, 0.15) is 0 Å². The first-order valence-electron chi connectivity index (χ1n) is 9.07. The van der Waals surface area contributed by atoms with Gasteiger partial charge in [-0.15, -0.1) is 0 Å². The maximum Gasteiger partial charge on any atom is 0.306 e. The number of aryl methyl sites for hydroxylation is 1. The molecular formula is C21H23ClN2O4. The molecule has 2 aromatic carbocycles. The Morgan fingerprint density at radius 1 is 0.893 bits per heavy atom. The number of anilines is 2. The molecule has 0 aliphatic carbocycles. The molecule has 6 nitrogen and oxygen atoms in total. The maximum absolute atomic E-state index is 12.0. The zero-order valence-corrected chi connectivity index (χ0v) is 16.4. The van der Waals surface area contributed by atoms with E-state index < -0.39 is 18.5 Å². The number of hydrogen-bond donors (Lipinski definition) is 2. The summed E-state index contributed by atoms with van der Waals surface area (Å²) >= 11 is 5.95. The second-order valence-electron chi connectivity index (χ2n) is 6.10. The normalized spacial score (nSPS) is 10.2. The van der Waals surface area contributed by atoms with Gasteiger partial charge in [-0.3, -0.25) is 14.4 Å². The van der Waals surface area contributed by atoms with Gasteiger partial charge in [0, 0.05) is 18.5 Å². The molecule has 148 valence electrons. The summed E-state index contributed by atoms with van der Waals surface area (Å²) in [6, 6.07) is 14.4. The van der Waals surface area contributed by atoms with Gasteiger partial charge in [0.05, 0.1) is 10.7 Å². The Bertz CT molecular complexity index is 839. The molecule has 28 heavy (non-hydrogen) atoms. The Balaban J connectivity index is 1.66. The molecule has 7 heteroatoms. The Morgan fingerprint density at radius 3 is 2.25 bits per heavy atom. The minimum absolute atomic E-state index is 0.0578. The van der Waals surface area contributed by atoms with Crippen molar-refractivity contribution in [2.24, 2.45) is 0 Å². The molecule has 2 rings (SSSR count). The molecule has 2 N–H and O–H groups in total. The second kappa shape index (κ2) is 11.1. The first-order chi connectivity index (χ1) is 13.5. The Kier molecular flexibility index (Phi) is 8.49. The number of benzene rings is 2. The average Bonchev–Trinajstić information content (AvgIpc) is 2.68. The molecule has 0 radical (unpaired) electrons. The van der Waals surface area contributed by atoms with E-state index in [4.69, 9.17) is 16.3 Å². The minimum atomic E-state index is -0.531. The predicted octanol–water partition coefficient (Wildman–Crippen LogP) is 4.19. The summed E-state index contributed by atoms with van der Waals surface area (Å²) in [4.78, 5) is 35.6. The molecule has 0 heterocycles. The third-order valence-electron chi connectivity index (χ3n) is 3.97. The van der Waals surface area contributed by atoms with Crippen molar-refractivity contribution in [3.8, 4) is 0 Å². The van der Waals surface area contributed by atoms with Crippen LogP contribution in [0.1, 0.15) is 31.7 Å². The fraction of sp³-hybridized carbons (Fsp3) is 0.286. The van der Waals surface area contributed by atoms with Crippen LogP contribution in [0, 0.1) is 0 Å². The molecule has 2 aromatic rings. The van der Waals surface area contributed by atoms with Gasteiger partial charge in [-0.05, 0) is 36.6 Å². The van der Waals surface area contributed by atoms with Crippen molar-refractivity contribution < 1.29 is 19.1 Å². The lowest BCUT2D eigenvalue weighted by atomic mass is 10.1. The summed E-state index contributed by atoms with van der Waals surface area (Å²) < 4.78 is 4.93. The van der Waals surface area contributed by atoms with E-state index in [9.17, 15) is 14.4 Å². The van der Waals surface area contributed by atoms with Crippen molar-refractivity contribution in [1.82, 2.24) is 0 Å². The van der Waals surface area contributed by atoms with Crippen LogP contribution < -0.4 is 10.6 Å². The highest BCUT2D eigenvalue weighted by Crippen LogP contribution is 2.20. The largest absolute Gasteiger partial charge is 0.456 e. The topological polar surface area (TPSA) is 84.5 Å². The van der Waals surface area contributed by atoms with Crippen LogP contribution in [0.15, 0.2) is 48.5 Å². The Labute approximate surface area is 169 Å². The van der Waals surface area contributed by atoms with Crippen molar-refractivity contribution in [3.05, 3.63) is 59.1 Å². The molecular weight excluding hydrogens is 380 g/mol. The SMILES string of the molecule is CCc1ccccc1NC(=O)CCCC(=O)OCC(=O)Nc1ccccc1Cl. The van der Waals surface area contributed by atoms with E-state index in [1.165, 1.54) is 0 Å². The average molecular weight is 403 g/mol. The highest BCUT2D eigenvalue weighted by atomic mass is 35.5. The molecule has 0 bridgehead atoms. The van der Waals surface area contributed by atoms with E-state index >= 15 is 0 Å².